The molecule has 31 heavy (non-hydrogen) atoms. The van der Waals surface area contributed by atoms with Crippen LogP contribution in [0.2, 0.25) is 0 Å². The summed E-state index contributed by atoms with van der Waals surface area (Å²) >= 11 is 1.44. The van der Waals surface area contributed by atoms with E-state index < -0.39 is 4.92 Å². The van der Waals surface area contributed by atoms with E-state index in [9.17, 15) is 14.9 Å². The van der Waals surface area contributed by atoms with Crippen LogP contribution >= 0.6 is 11.3 Å². The minimum atomic E-state index is -0.471. The molecule has 0 spiro atoms. The number of pyridine rings is 1. The smallest absolute Gasteiger partial charge is 0.273 e. The first-order valence-electron chi connectivity index (χ1n) is 9.67. The van der Waals surface area contributed by atoms with E-state index in [1.165, 1.54) is 23.5 Å². The summed E-state index contributed by atoms with van der Waals surface area (Å²) < 4.78 is 1.01. The molecule has 7 nitrogen and oxygen atoms in total. The molecule has 0 unspecified atom stereocenters. The SMILES string of the molecule is Cc1cc(C)c2sc(N(Cc3cccnc3)C(=O)c3cccc([N+](=O)[O-])c3C)nc2c1. The van der Waals surface area contributed by atoms with Gasteiger partial charge in [0.05, 0.1) is 21.7 Å². The van der Waals surface area contributed by atoms with Crippen molar-refractivity contribution < 1.29 is 9.72 Å². The van der Waals surface area contributed by atoms with Crippen molar-refractivity contribution in [2.24, 2.45) is 0 Å². The number of carbonyl (C=O) groups is 1. The average Bonchev–Trinajstić information content (AvgIpc) is 3.16. The molecule has 2 aromatic heterocycles. The Kier molecular flexibility index (Phi) is 5.48. The van der Waals surface area contributed by atoms with Crippen molar-refractivity contribution >= 4 is 38.3 Å². The van der Waals surface area contributed by atoms with Gasteiger partial charge in [0.15, 0.2) is 5.13 Å². The Bertz CT molecular complexity index is 1300. The fourth-order valence-electron chi connectivity index (χ4n) is 3.58. The van der Waals surface area contributed by atoms with Crippen LogP contribution in [0.5, 0.6) is 0 Å². The highest BCUT2D eigenvalue weighted by Crippen LogP contribution is 2.34. The molecule has 0 bridgehead atoms. The lowest BCUT2D eigenvalue weighted by Gasteiger charge is -2.21. The van der Waals surface area contributed by atoms with Crippen LogP contribution in [0.3, 0.4) is 0 Å². The van der Waals surface area contributed by atoms with Gasteiger partial charge in [-0.05, 0) is 55.7 Å². The first-order valence-corrected chi connectivity index (χ1v) is 10.5. The van der Waals surface area contributed by atoms with Gasteiger partial charge < -0.3 is 0 Å². The Morgan fingerprint density at radius 2 is 1.97 bits per heavy atom. The van der Waals surface area contributed by atoms with Crippen molar-refractivity contribution in [1.29, 1.82) is 0 Å². The number of rotatable bonds is 5. The second-order valence-electron chi connectivity index (χ2n) is 7.39. The number of aryl methyl sites for hydroxylation is 2. The zero-order chi connectivity index (χ0) is 22.1. The standard InChI is InChI=1S/C23H20N4O3S/c1-14-10-15(2)21-19(11-14)25-23(31-21)26(13-17-6-5-9-24-12-17)22(28)18-7-4-8-20(16(18)3)27(29)30/h4-12H,13H2,1-3H3. The second kappa shape index (κ2) is 8.23. The number of anilines is 1. The number of hydrogen-bond donors (Lipinski definition) is 0. The van der Waals surface area contributed by atoms with Crippen molar-refractivity contribution in [3.63, 3.8) is 0 Å². The summed E-state index contributed by atoms with van der Waals surface area (Å²) in [5, 5.41) is 11.9. The van der Waals surface area contributed by atoms with E-state index >= 15 is 0 Å². The monoisotopic (exact) mass is 432 g/mol. The van der Waals surface area contributed by atoms with Crippen molar-refractivity contribution in [3.8, 4) is 0 Å². The van der Waals surface area contributed by atoms with Gasteiger partial charge >= 0.3 is 0 Å². The van der Waals surface area contributed by atoms with E-state index in [-0.39, 0.29) is 23.7 Å². The minimum absolute atomic E-state index is 0.0806. The van der Waals surface area contributed by atoms with E-state index in [1.807, 2.05) is 32.0 Å². The highest BCUT2D eigenvalue weighted by Gasteiger charge is 2.26. The zero-order valence-corrected chi connectivity index (χ0v) is 18.1. The van der Waals surface area contributed by atoms with Crippen LogP contribution in [0.1, 0.15) is 32.6 Å². The van der Waals surface area contributed by atoms with Gasteiger partial charge in [0.2, 0.25) is 0 Å². The van der Waals surface area contributed by atoms with Crippen LogP contribution in [-0.4, -0.2) is 20.8 Å². The lowest BCUT2D eigenvalue weighted by Crippen LogP contribution is -2.31. The van der Waals surface area contributed by atoms with Gasteiger partial charge in [-0.3, -0.25) is 24.8 Å². The van der Waals surface area contributed by atoms with Crippen molar-refractivity contribution in [3.05, 3.63) is 92.8 Å². The Labute approximate surface area is 183 Å². The fourth-order valence-corrected chi connectivity index (χ4v) is 4.59. The van der Waals surface area contributed by atoms with Crippen molar-refractivity contribution in [2.75, 3.05) is 4.90 Å². The minimum Gasteiger partial charge on any atom is -0.279 e. The van der Waals surface area contributed by atoms with Gasteiger partial charge in [-0.2, -0.15) is 0 Å². The summed E-state index contributed by atoms with van der Waals surface area (Å²) in [6.07, 6.45) is 3.37. The third-order valence-corrected chi connectivity index (χ3v) is 6.31. The van der Waals surface area contributed by atoms with E-state index in [0.717, 1.165) is 26.9 Å². The molecule has 0 radical (unpaired) electrons. The first kappa shape index (κ1) is 20.6. The fraction of sp³-hybridized carbons (Fsp3) is 0.174. The molecule has 2 aromatic carbocycles. The van der Waals surface area contributed by atoms with Gasteiger partial charge in [0.25, 0.3) is 11.6 Å². The van der Waals surface area contributed by atoms with E-state index in [1.54, 1.807) is 30.3 Å². The van der Waals surface area contributed by atoms with Gasteiger partial charge in [-0.1, -0.05) is 29.5 Å². The summed E-state index contributed by atoms with van der Waals surface area (Å²) in [6.45, 7) is 5.89. The first-order chi connectivity index (χ1) is 14.8. The molecule has 4 rings (SSSR count). The van der Waals surface area contributed by atoms with Gasteiger partial charge in [-0.25, -0.2) is 4.98 Å². The predicted molar refractivity (Wildman–Crippen MR) is 122 cm³/mol. The molecule has 156 valence electrons. The van der Waals surface area contributed by atoms with Gasteiger partial charge in [-0.15, -0.1) is 0 Å². The largest absolute Gasteiger partial charge is 0.279 e. The highest BCUT2D eigenvalue weighted by atomic mass is 32.1. The zero-order valence-electron chi connectivity index (χ0n) is 17.3. The summed E-state index contributed by atoms with van der Waals surface area (Å²) in [5.74, 6) is -0.335. The number of carbonyl (C=O) groups excluding carboxylic acids is 1. The van der Waals surface area contributed by atoms with E-state index in [4.69, 9.17) is 4.98 Å². The molecule has 0 aliphatic carbocycles. The number of nitro groups is 1. The Morgan fingerprint density at radius 1 is 1.16 bits per heavy atom. The number of benzene rings is 2. The van der Waals surface area contributed by atoms with Crippen molar-refractivity contribution in [2.45, 2.75) is 27.3 Å². The molecule has 0 saturated heterocycles. The highest BCUT2D eigenvalue weighted by molar-refractivity contribution is 7.22. The van der Waals surface area contributed by atoms with E-state index in [0.29, 0.717) is 10.7 Å². The number of nitrogens with zero attached hydrogens (tertiary/aromatic N) is 4. The lowest BCUT2D eigenvalue weighted by molar-refractivity contribution is -0.385. The normalized spacial score (nSPS) is 10.9. The van der Waals surface area contributed by atoms with Gasteiger partial charge in [0, 0.05) is 29.6 Å². The predicted octanol–water partition coefficient (Wildman–Crippen LogP) is 5.37. The molecule has 1 amide bonds. The van der Waals surface area contributed by atoms with Crippen LogP contribution < -0.4 is 4.90 Å². The van der Waals surface area contributed by atoms with Crippen LogP contribution in [0.15, 0.2) is 54.9 Å². The maximum absolute atomic E-state index is 13.6. The molecule has 0 aliphatic heterocycles. The number of amides is 1. The van der Waals surface area contributed by atoms with Crippen molar-refractivity contribution in [1.82, 2.24) is 9.97 Å². The summed E-state index contributed by atoms with van der Waals surface area (Å²) in [5.41, 5.74) is 4.40. The van der Waals surface area contributed by atoms with E-state index in [2.05, 4.69) is 11.1 Å². The third-order valence-electron chi connectivity index (χ3n) is 5.08. The second-order valence-corrected chi connectivity index (χ2v) is 8.36. The summed E-state index contributed by atoms with van der Waals surface area (Å²) in [6, 6.07) is 12.3. The molecule has 0 atom stereocenters. The maximum Gasteiger partial charge on any atom is 0.273 e. The molecule has 4 aromatic rings. The molecule has 0 aliphatic rings. The number of thiazole rings is 1. The molecular formula is C23H20N4O3S. The third kappa shape index (κ3) is 4.02. The average molecular weight is 433 g/mol. The van der Waals surface area contributed by atoms with Crippen LogP contribution in [0.25, 0.3) is 10.2 Å². The number of fused-ring (bicyclic) bond motifs is 1. The van der Waals surface area contributed by atoms with Crippen LogP contribution in [0.4, 0.5) is 10.8 Å². The molecule has 2 heterocycles. The van der Waals surface area contributed by atoms with Gasteiger partial charge in [0.1, 0.15) is 0 Å². The van der Waals surface area contributed by atoms with Crippen LogP contribution in [0, 0.1) is 30.9 Å². The summed E-state index contributed by atoms with van der Waals surface area (Å²) in [7, 11) is 0. The Balaban J connectivity index is 1.84. The molecule has 0 N–H and O–H groups in total. The summed E-state index contributed by atoms with van der Waals surface area (Å²) in [4.78, 5) is 35.0. The molecular weight excluding hydrogens is 412 g/mol. The number of hydrogen-bond acceptors (Lipinski definition) is 6. The Hall–Kier alpha value is -3.65. The molecule has 8 heteroatoms. The molecule has 0 saturated carbocycles. The Morgan fingerprint density at radius 3 is 2.68 bits per heavy atom. The quantitative estimate of drug-likeness (QED) is 0.312. The molecule has 0 fully saturated rings. The lowest BCUT2D eigenvalue weighted by atomic mass is 10.1. The topological polar surface area (TPSA) is 89.2 Å². The number of aromatic nitrogens is 2. The number of nitro benzene ring substituents is 1. The maximum atomic E-state index is 13.6. The van der Waals surface area contributed by atoms with Crippen LogP contribution in [-0.2, 0) is 6.54 Å².